The lowest BCUT2D eigenvalue weighted by atomic mass is 10.0. The van der Waals surface area contributed by atoms with Gasteiger partial charge in [-0.25, -0.2) is 0 Å². The Kier molecular flexibility index (Phi) is 10.4. The summed E-state index contributed by atoms with van der Waals surface area (Å²) in [5, 5.41) is 0. The quantitative estimate of drug-likeness (QED) is 0.423. The van der Waals surface area contributed by atoms with Crippen LogP contribution in [0, 0.1) is 0 Å². The predicted octanol–water partition coefficient (Wildman–Crippen LogP) is 3.56. The summed E-state index contributed by atoms with van der Waals surface area (Å²) in [5.41, 5.74) is 2.94. The standard InChI is InChI=1S/C17H34O6Si2/c1-18-24(19-2,20-3)14-8-12-16-10-7-11-17(16)13-9-15-25(21-4,22-5)23-6/h7,10H,8-9,11-15H2,1-6H3. The fourth-order valence-corrected chi connectivity index (χ4v) is 6.69. The van der Waals surface area contributed by atoms with Gasteiger partial charge >= 0.3 is 17.6 Å². The van der Waals surface area contributed by atoms with Gasteiger partial charge in [0.15, 0.2) is 0 Å². The van der Waals surface area contributed by atoms with E-state index in [0.29, 0.717) is 0 Å². The van der Waals surface area contributed by atoms with Crippen molar-refractivity contribution in [3.63, 3.8) is 0 Å². The van der Waals surface area contributed by atoms with Crippen LogP contribution in [-0.4, -0.2) is 60.3 Å². The Bertz CT molecular complexity index is 428. The van der Waals surface area contributed by atoms with Gasteiger partial charge in [0, 0.05) is 54.7 Å². The molecule has 0 atom stereocenters. The summed E-state index contributed by atoms with van der Waals surface area (Å²) in [6, 6.07) is 1.66. The van der Waals surface area contributed by atoms with Gasteiger partial charge in [0.05, 0.1) is 0 Å². The Balaban J connectivity index is 2.51. The minimum Gasteiger partial charge on any atom is -0.377 e. The van der Waals surface area contributed by atoms with Crippen molar-refractivity contribution in [3.8, 4) is 0 Å². The Hall–Kier alpha value is -0.326. The first-order valence-corrected chi connectivity index (χ1v) is 12.6. The minimum atomic E-state index is -2.47. The number of hydrogen-bond donors (Lipinski definition) is 0. The van der Waals surface area contributed by atoms with E-state index in [0.717, 1.165) is 44.2 Å². The summed E-state index contributed by atoms with van der Waals surface area (Å²) in [4.78, 5) is 0. The van der Waals surface area contributed by atoms with Crippen LogP contribution < -0.4 is 0 Å². The molecule has 146 valence electrons. The van der Waals surface area contributed by atoms with Gasteiger partial charge in [-0.1, -0.05) is 17.7 Å². The minimum absolute atomic E-state index is 0.828. The molecule has 0 radical (unpaired) electrons. The highest BCUT2D eigenvalue weighted by molar-refractivity contribution is 6.60. The molecule has 0 aromatic heterocycles. The van der Waals surface area contributed by atoms with Crippen LogP contribution in [0.3, 0.4) is 0 Å². The second kappa shape index (κ2) is 11.4. The van der Waals surface area contributed by atoms with Crippen LogP contribution in [0.1, 0.15) is 32.1 Å². The summed E-state index contributed by atoms with van der Waals surface area (Å²) in [6.45, 7) is 0. The highest BCUT2D eigenvalue weighted by Gasteiger charge is 2.38. The van der Waals surface area contributed by atoms with Crippen molar-refractivity contribution in [1.29, 1.82) is 0 Å². The zero-order valence-corrected chi connectivity index (χ0v) is 18.6. The van der Waals surface area contributed by atoms with Crippen molar-refractivity contribution in [1.82, 2.24) is 0 Å². The Morgan fingerprint density at radius 2 is 1.16 bits per heavy atom. The smallest absolute Gasteiger partial charge is 0.377 e. The lowest BCUT2D eigenvalue weighted by Gasteiger charge is -2.24. The molecule has 0 heterocycles. The number of hydrogen-bond acceptors (Lipinski definition) is 6. The Morgan fingerprint density at radius 3 is 1.60 bits per heavy atom. The van der Waals surface area contributed by atoms with Crippen LogP contribution in [-0.2, 0) is 26.6 Å². The molecule has 25 heavy (non-hydrogen) atoms. The molecule has 0 fully saturated rings. The van der Waals surface area contributed by atoms with E-state index in [9.17, 15) is 0 Å². The average molecular weight is 391 g/mol. The molecule has 0 spiro atoms. The fourth-order valence-electron chi connectivity index (χ4n) is 3.24. The first kappa shape index (κ1) is 22.7. The van der Waals surface area contributed by atoms with E-state index in [2.05, 4.69) is 12.2 Å². The molecule has 1 rings (SSSR count). The van der Waals surface area contributed by atoms with Crippen LogP contribution in [0.4, 0.5) is 0 Å². The van der Waals surface area contributed by atoms with Crippen LogP contribution in [0.25, 0.3) is 0 Å². The highest BCUT2D eigenvalue weighted by atomic mass is 28.4. The molecule has 0 saturated heterocycles. The molecule has 0 N–H and O–H groups in total. The molecule has 8 heteroatoms. The molecule has 0 aliphatic heterocycles. The number of rotatable bonds is 14. The second-order valence-corrected chi connectivity index (χ2v) is 12.2. The molecule has 1 aliphatic carbocycles. The maximum atomic E-state index is 5.49. The maximum Gasteiger partial charge on any atom is 0.500 e. The second-order valence-electron chi connectivity index (χ2n) is 6.03. The average Bonchev–Trinajstić information content (AvgIpc) is 3.10. The van der Waals surface area contributed by atoms with Crippen LogP contribution in [0.2, 0.25) is 12.1 Å². The number of allylic oxidation sites excluding steroid dienone is 4. The van der Waals surface area contributed by atoms with Crippen molar-refractivity contribution in [2.45, 2.75) is 44.2 Å². The topological polar surface area (TPSA) is 55.4 Å². The lowest BCUT2D eigenvalue weighted by Crippen LogP contribution is -2.42. The van der Waals surface area contributed by atoms with Crippen LogP contribution in [0.5, 0.6) is 0 Å². The fraction of sp³-hybridized carbons (Fsp3) is 0.765. The zero-order chi connectivity index (χ0) is 18.8. The van der Waals surface area contributed by atoms with E-state index in [-0.39, 0.29) is 0 Å². The summed E-state index contributed by atoms with van der Waals surface area (Å²) in [7, 11) is 5.06. The monoisotopic (exact) mass is 390 g/mol. The molecule has 0 aromatic carbocycles. The van der Waals surface area contributed by atoms with Gasteiger partial charge in [-0.3, -0.25) is 0 Å². The molecular weight excluding hydrogens is 356 g/mol. The van der Waals surface area contributed by atoms with Gasteiger partial charge in [-0.15, -0.1) is 0 Å². The molecule has 1 aliphatic rings. The normalized spacial score (nSPS) is 15.4. The molecule has 0 saturated carbocycles. The third-order valence-corrected chi connectivity index (χ3v) is 10.6. The third kappa shape index (κ3) is 6.40. The first-order valence-electron chi connectivity index (χ1n) is 8.72. The van der Waals surface area contributed by atoms with Gasteiger partial charge in [0.1, 0.15) is 0 Å². The highest BCUT2D eigenvalue weighted by Crippen LogP contribution is 2.30. The predicted molar refractivity (Wildman–Crippen MR) is 102 cm³/mol. The van der Waals surface area contributed by atoms with Gasteiger partial charge in [-0.2, -0.15) is 0 Å². The lowest BCUT2D eigenvalue weighted by molar-refractivity contribution is 0.122. The van der Waals surface area contributed by atoms with Crippen molar-refractivity contribution >= 4 is 17.6 Å². The van der Waals surface area contributed by atoms with Crippen LogP contribution in [0.15, 0.2) is 23.3 Å². The third-order valence-electron chi connectivity index (χ3n) is 4.89. The SMILES string of the molecule is CO[Si](CCCC1=C(CCC[Si](OC)(OC)OC)CC=C1)(OC)OC. The van der Waals surface area contributed by atoms with E-state index in [1.807, 2.05) is 0 Å². The summed E-state index contributed by atoms with van der Waals surface area (Å²) < 4.78 is 33.0. The Morgan fingerprint density at radius 1 is 0.720 bits per heavy atom. The summed E-state index contributed by atoms with van der Waals surface area (Å²) in [6.07, 6.45) is 9.61. The van der Waals surface area contributed by atoms with Crippen molar-refractivity contribution in [2.24, 2.45) is 0 Å². The summed E-state index contributed by atoms with van der Waals surface area (Å²) >= 11 is 0. The van der Waals surface area contributed by atoms with E-state index in [1.165, 1.54) is 11.1 Å². The van der Waals surface area contributed by atoms with Crippen LogP contribution >= 0.6 is 0 Å². The maximum absolute atomic E-state index is 5.49. The van der Waals surface area contributed by atoms with Crippen molar-refractivity contribution in [2.75, 3.05) is 42.7 Å². The molecule has 0 aromatic rings. The van der Waals surface area contributed by atoms with Gasteiger partial charge in [0.2, 0.25) is 0 Å². The molecular formula is C17H34O6Si2. The van der Waals surface area contributed by atoms with Crippen molar-refractivity contribution in [3.05, 3.63) is 23.3 Å². The Labute approximate surface area is 154 Å². The van der Waals surface area contributed by atoms with E-state index in [4.69, 9.17) is 26.6 Å². The molecule has 0 unspecified atom stereocenters. The molecule has 6 nitrogen and oxygen atoms in total. The van der Waals surface area contributed by atoms with Crippen molar-refractivity contribution < 1.29 is 26.6 Å². The molecule has 0 amide bonds. The first-order chi connectivity index (χ1) is 12.0. The largest absolute Gasteiger partial charge is 0.500 e. The van der Waals surface area contributed by atoms with Gasteiger partial charge < -0.3 is 26.6 Å². The van der Waals surface area contributed by atoms with E-state index < -0.39 is 17.6 Å². The van der Waals surface area contributed by atoms with E-state index in [1.54, 1.807) is 42.7 Å². The van der Waals surface area contributed by atoms with Gasteiger partial charge in [-0.05, 0) is 37.7 Å². The van der Waals surface area contributed by atoms with E-state index >= 15 is 0 Å². The summed E-state index contributed by atoms with van der Waals surface area (Å²) in [5.74, 6) is 0. The van der Waals surface area contributed by atoms with Gasteiger partial charge in [0.25, 0.3) is 0 Å². The molecule has 0 bridgehead atoms. The zero-order valence-electron chi connectivity index (χ0n) is 16.6.